The van der Waals surface area contributed by atoms with Gasteiger partial charge in [0.2, 0.25) is 0 Å². The first-order valence-corrected chi connectivity index (χ1v) is 11.3. The molecular formula is C23H24O5S. The van der Waals surface area contributed by atoms with Gasteiger partial charge in [0.1, 0.15) is 5.58 Å². The van der Waals surface area contributed by atoms with Gasteiger partial charge in [-0.25, -0.2) is 13.2 Å². The van der Waals surface area contributed by atoms with Gasteiger partial charge in [-0.1, -0.05) is 37.3 Å². The summed E-state index contributed by atoms with van der Waals surface area (Å²) in [5.41, 5.74) is 3.11. The Kier molecular flexibility index (Phi) is 6.03. The first-order valence-electron chi connectivity index (χ1n) is 9.59. The van der Waals surface area contributed by atoms with E-state index in [4.69, 9.17) is 4.42 Å². The molecule has 0 spiro atoms. The number of benzene rings is 2. The molecule has 0 N–H and O–H groups in total. The van der Waals surface area contributed by atoms with Crippen LogP contribution in [0, 0.1) is 0 Å². The van der Waals surface area contributed by atoms with E-state index in [-0.39, 0.29) is 18.0 Å². The number of Topliss-reactive ketones (excluding diaryl/α,β-unsaturated/α-hetero) is 1. The van der Waals surface area contributed by atoms with Crippen molar-refractivity contribution in [2.75, 3.05) is 0 Å². The van der Waals surface area contributed by atoms with Crippen LogP contribution in [0.25, 0.3) is 11.0 Å². The van der Waals surface area contributed by atoms with Crippen molar-refractivity contribution < 1.29 is 17.6 Å². The van der Waals surface area contributed by atoms with Crippen LogP contribution in [0.3, 0.4) is 0 Å². The van der Waals surface area contributed by atoms with E-state index in [2.05, 4.69) is 0 Å². The van der Waals surface area contributed by atoms with Crippen molar-refractivity contribution in [2.45, 2.75) is 44.6 Å². The molecule has 0 aliphatic carbocycles. The largest absolute Gasteiger partial charge is 0.422 e. The maximum Gasteiger partial charge on any atom is 0.336 e. The number of aryl methyl sites for hydroxylation is 1. The predicted molar refractivity (Wildman–Crippen MR) is 114 cm³/mol. The molecule has 1 aromatic heterocycles. The second-order valence-corrected chi connectivity index (χ2v) is 9.99. The Labute approximate surface area is 170 Å². The number of sulfone groups is 1. The van der Waals surface area contributed by atoms with E-state index < -0.39 is 20.7 Å². The minimum Gasteiger partial charge on any atom is -0.422 e. The van der Waals surface area contributed by atoms with Crippen LogP contribution < -0.4 is 5.63 Å². The SMILES string of the molecule is CCc1cc(CC(=O)c2ccc(CS(=O)(=O)C(C)C)cc2)cc2ccc(=O)oc12. The van der Waals surface area contributed by atoms with E-state index in [1.807, 2.05) is 19.1 Å². The van der Waals surface area contributed by atoms with Crippen molar-refractivity contribution in [2.24, 2.45) is 0 Å². The Balaban J connectivity index is 1.81. The fourth-order valence-electron chi connectivity index (χ4n) is 3.16. The smallest absolute Gasteiger partial charge is 0.336 e. The van der Waals surface area contributed by atoms with Crippen molar-refractivity contribution in [3.63, 3.8) is 0 Å². The number of carbonyl (C=O) groups is 1. The van der Waals surface area contributed by atoms with Crippen molar-refractivity contribution >= 4 is 26.6 Å². The average molecular weight is 413 g/mol. The van der Waals surface area contributed by atoms with E-state index in [9.17, 15) is 18.0 Å². The quantitative estimate of drug-likeness (QED) is 0.431. The van der Waals surface area contributed by atoms with Crippen molar-refractivity contribution in [1.82, 2.24) is 0 Å². The summed E-state index contributed by atoms with van der Waals surface area (Å²) in [4.78, 5) is 24.2. The fraction of sp³-hybridized carbons (Fsp3) is 0.304. The third-order valence-corrected chi connectivity index (χ3v) is 7.14. The summed E-state index contributed by atoms with van der Waals surface area (Å²) in [6, 6.07) is 13.6. The minimum atomic E-state index is -3.18. The Morgan fingerprint density at radius 2 is 1.69 bits per heavy atom. The van der Waals surface area contributed by atoms with Gasteiger partial charge in [-0.15, -0.1) is 0 Å². The second-order valence-electron chi connectivity index (χ2n) is 7.43. The molecule has 0 atom stereocenters. The molecule has 0 saturated carbocycles. The summed E-state index contributed by atoms with van der Waals surface area (Å²) in [5, 5.41) is 0.356. The van der Waals surface area contributed by atoms with Crippen LogP contribution in [0.1, 0.15) is 47.8 Å². The number of ketones is 1. The summed E-state index contributed by atoms with van der Waals surface area (Å²) < 4.78 is 29.4. The van der Waals surface area contributed by atoms with Crippen molar-refractivity contribution in [1.29, 1.82) is 0 Å². The molecule has 1 heterocycles. The van der Waals surface area contributed by atoms with Crippen LogP contribution >= 0.6 is 0 Å². The van der Waals surface area contributed by atoms with Gasteiger partial charge in [0.25, 0.3) is 0 Å². The zero-order chi connectivity index (χ0) is 21.2. The highest BCUT2D eigenvalue weighted by Crippen LogP contribution is 2.22. The monoisotopic (exact) mass is 412 g/mol. The first-order chi connectivity index (χ1) is 13.7. The molecule has 0 aliphatic rings. The molecule has 0 radical (unpaired) electrons. The van der Waals surface area contributed by atoms with Gasteiger partial charge in [0, 0.05) is 23.4 Å². The molecule has 0 amide bonds. The number of hydrogen-bond acceptors (Lipinski definition) is 5. The molecule has 6 heteroatoms. The normalized spacial score (nSPS) is 11.9. The van der Waals surface area contributed by atoms with Crippen LogP contribution in [0.15, 0.2) is 57.7 Å². The molecule has 3 rings (SSSR count). The van der Waals surface area contributed by atoms with E-state index in [1.165, 1.54) is 6.07 Å². The van der Waals surface area contributed by atoms with Gasteiger partial charge in [-0.05, 0) is 49.1 Å². The van der Waals surface area contributed by atoms with Gasteiger partial charge < -0.3 is 4.42 Å². The summed E-state index contributed by atoms with van der Waals surface area (Å²) in [5.74, 6) is -0.0865. The Morgan fingerprint density at radius 3 is 2.31 bits per heavy atom. The maximum absolute atomic E-state index is 12.7. The van der Waals surface area contributed by atoms with Gasteiger partial charge >= 0.3 is 5.63 Å². The van der Waals surface area contributed by atoms with E-state index in [1.54, 1.807) is 44.2 Å². The van der Waals surface area contributed by atoms with Crippen molar-refractivity contribution in [3.8, 4) is 0 Å². The third-order valence-electron chi connectivity index (χ3n) is 4.96. The molecule has 5 nitrogen and oxygen atoms in total. The minimum absolute atomic E-state index is 0.0329. The molecule has 0 unspecified atom stereocenters. The van der Waals surface area contributed by atoms with Crippen LogP contribution in [-0.2, 0) is 28.4 Å². The first kappa shape index (κ1) is 21.0. The highest BCUT2D eigenvalue weighted by atomic mass is 32.2. The van der Waals surface area contributed by atoms with E-state index in [0.29, 0.717) is 23.1 Å². The third kappa shape index (κ3) is 4.82. The fourth-order valence-corrected chi connectivity index (χ4v) is 4.15. The Bertz CT molecular complexity index is 1200. The number of fused-ring (bicyclic) bond motifs is 1. The highest BCUT2D eigenvalue weighted by Gasteiger charge is 2.17. The lowest BCUT2D eigenvalue weighted by Crippen LogP contribution is -2.16. The van der Waals surface area contributed by atoms with Gasteiger partial charge in [-0.3, -0.25) is 4.79 Å². The van der Waals surface area contributed by atoms with Crippen LogP contribution in [0.5, 0.6) is 0 Å². The van der Waals surface area contributed by atoms with Crippen LogP contribution in [0.2, 0.25) is 0 Å². The standard InChI is InChI=1S/C23H24O5S/c1-4-18-11-17(12-20-9-10-22(25)28-23(18)20)13-21(24)19-7-5-16(6-8-19)14-29(26,27)15(2)3/h5-12,15H,4,13-14H2,1-3H3. The Morgan fingerprint density at radius 1 is 1.00 bits per heavy atom. The average Bonchev–Trinajstić information content (AvgIpc) is 2.67. The zero-order valence-corrected chi connectivity index (χ0v) is 17.6. The molecule has 2 aromatic carbocycles. The Hall–Kier alpha value is -2.73. The predicted octanol–water partition coefficient (Wildman–Crippen LogP) is 4.10. The number of hydrogen-bond donors (Lipinski definition) is 0. The van der Waals surface area contributed by atoms with Crippen molar-refractivity contribution in [3.05, 3.63) is 81.2 Å². The van der Waals surface area contributed by atoms with Crippen LogP contribution in [0.4, 0.5) is 0 Å². The summed E-state index contributed by atoms with van der Waals surface area (Å²) in [6.45, 7) is 5.29. The molecule has 0 fully saturated rings. The van der Waals surface area contributed by atoms with Gasteiger partial charge in [-0.2, -0.15) is 0 Å². The second kappa shape index (κ2) is 8.33. The molecule has 0 saturated heterocycles. The molecule has 152 valence electrons. The molecule has 3 aromatic rings. The number of rotatable bonds is 7. The van der Waals surface area contributed by atoms with Crippen LogP contribution in [-0.4, -0.2) is 19.5 Å². The molecular weight excluding hydrogens is 388 g/mol. The number of carbonyl (C=O) groups excluding carboxylic acids is 1. The summed E-state index contributed by atoms with van der Waals surface area (Å²) >= 11 is 0. The zero-order valence-electron chi connectivity index (χ0n) is 16.8. The molecule has 0 aliphatic heterocycles. The topological polar surface area (TPSA) is 81.4 Å². The highest BCUT2D eigenvalue weighted by molar-refractivity contribution is 7.91. The lowest BCUT2D eigenvalue weighted by Gasteiger charge is -2.09. The molecule has 0 bridgehead atoms. The maximum atomic E-state index is 12.7. The summed E-state index contributed by atoms with van der Waals surface area (Å²) in [6.07, 6.45) is 0.899. The van der Waals surface area contributed by atoms with E-state index in [0.717, 1.165) is 16.5 Å². The van der Waals surface area contributed by atoms with E-state index >= 15 is 0 Å². The van der Waals surface area contributed by atoms with Gasteiger partial charge in [0.15, 0.2) is 15.6 Å². The lowest BCUT2D eigenvalue weighted by molar-refractivity contribution is 0.0993. The lowest BCUT2D eigenvalue weighted by atomic mass is 9.98. The molecule has 29 heavy (non-hydrogen) atoms. The summed E-state index contributed by atoms with van der Waals surface area (Å²) in [7, 11) is -3.18. The van der Waals surface area contributed by atoms with Gasteiger partial charge in [0.05, 0.1) is 11.0 Å².